The Hall–Kier alpha value is 1.01. The third-order valence-corrected chi connectivity index (χ3v) is 2.12. The van der Waals surface area contributed by atoms with Crippen molar-refractivity contribution in [1.82, 2.24) is 0 Å². The van der Waals surface area contributed by atoms with E-state index in [0.717, 1.165) is 10.0 Å². The fourth-order valence-corrected chi connectivity index (χ4v) is 1.24. The van der Waals surface area contributed by atoms with E-state index in [1.165, 1.54) is 0 Å². The quantitative estimate of drug-likeness (QED) is 0.529. The Kier molecular flexibility index (Phi) is 7.12. The van der Waals surface area contributed by atoms with Crippen LogP contribution in [0.1, 0.15) is 5.56 Å². The molecule has 0 aliphatic heterocycles. The third kappa shape index (κ3) is 4.55. The van der Waals surface area contributed by atoms with Gasteiger partial charge in [0.05, 0.1) is 0 Å². The summed E-state index contributed by atoms with van der Waals surface area (Å²) in [7, 11) is 0. The molecule has 0 unspecified atom stereocenters. The largest absolute Gasteiger partial charge is 1.00 e. The van der Waals surface area contributed by atoms with Crippen LogP contribution in [0.15, 0.2) is 28.7 Å². The van der Waals surface area contributed by atoms with Gasteiger partial charge in [0.2, 0.25) is 0 Å². The first-order valence-corrected chi connectivity index (χ1v) is 4.52. The van der Waals surface area contributed by atoms with Gasteiger partial charge < -0.3 is 4.55 Å². The van der Waals surface area contributed by atoms with Crippen LogP contribution >= 0.6 is 28.0 Å². The first-order chi connectivity index (χ1) is 4.83. The molecule has 4 heteroatoms. The topological polar surface area (TPSA) is 23.1 Å². The van der Waals surface area contributed by atoms with Gasteiger partial charge in [-0.15, -0.1) is 0 Å². The smallest absolute Gasteiger partial charge is 0.799 e. The van der Waals surface area contributed by atoms with Gasteiger partial charge in [0, 0.05) is 10.2 Å². The molecular weight excluding hydrogens is 235 g/mol. The number of hydrogen-bond acceptors (Lipinski definition) is 2. The molecule has 0 aliphatic rings. The Labute approximate surface area is 101 Å². The van der Waals surface area contributed by atoms with Gasteiger partial charge in [-0.05, 0) is 17.7 Å². The molecule has 0 saturated heterocycles. The average Bonchev–Trinajstić information content (AvgIpc) is 1.95. The van der Waals surface area contributed by atoms with Crippen molar-refractivity contribution in [3.05, 3.63) is 34.3 Å². The first-order valence-electron chi connectivity index (χ1n) is 2.82. The van der Waals surface area contributed by atoms with Gasteiger partial charge in [-0.2, -0.15) is 0 Å². The van der Waals surface area contributed by atoms with Crippen molar-refractivity contribution in [1.29, 1.82) is 0 Å². The molecule has 1 aromatic rings. The van der Waals surface area contributed by atoms with Gasteiger partial charge in [0.15, 0.2) is 0 Å². The van der Waals surface area contributed by atoms with E-state index in [0.29, 0.717) is 17.8 Å². The standard InChI is InChI=1S/C7H7BrOS.Na/c8-7-3-1-6(2-4-7)5-10-9;/h1-4,9H,5H2;/q;+1/p-1. The molecule has 1 aromatic carbocycles. The second-order valence-electron chi connectivity index (χ2n) is 1.89. The van der Waals surface area contributed by atoms with Gasteiger partial charge in [-0.25, -0.2) is 0 Å². The summed E-state index contributed by atoms with van der Waals surface area (Å²) in [6.45, 7) is 0. The molecule has 0 aliphatic carbocycles. The molecule has 0 radical (unpaired) electrons. The van der Waals surface area contributed by atoms with E-state index in [-0.39, 0.29) is 29.6 Å². The van der Waals surface area contributed by atoms with Crippen molar-refractivity contribution in [2.75, 3.05) is 0 Å². The Balaban J connectivity index is 0.000001000. The maximum Gasteiger partial charge on any atom is 1.00 e. The molecule has 0 fully saturated rings. The molecule has 1 rings (SSSR count). The molecule has 11 heavy (non-hydrogen) atoms. The maximum absolute atomic E-state index is 10.1. The van der Waals surface area contributed by atoms with Crippen molar-refractivity contribution >= 4 is 28.0 Å². The number of hydrogen-bond donors (Lipinski definition) is 0. The summed E-state index contributed by atoms with van der Waals surface area (Å²) in [6.07, 6.45) is 0. The van der Waals surface area contributed by atoms with Crippen LogP contribution in [-0.2, 0) is 5.75 Å². The molecule has 0 spiro atoms. The van der Waals surface area contributed by atoms with Crippen LogP contribution in [0, 0.1) is 0 Å². The van der Waals surface area contributed by atoms with E-state index >= 15 is 0 Å². The summed E-state index contributed by atoms with van der Waals surface area (Å²) in [4.78, 5) is 0. The molecule has 0 bridgehead atoms. The Morgan fingerprint density at radius 2 is 1.82 bits per heavy atom. The Morgan fingerprint density at radius 1 is 1.27 bits per heavy atom. The molecule has 54 valence electrons. The van der Waals surface area contributed by atoms with E-state index in [9.17, 15) is 4.55 Å². The first kappa shape index (κ1) is 12.0. The molecule has 0 N–H and O–H groups in total. The van der Waals surface area contributed by atoms with Crippen molar-refractivity contribution in [2.45, 2.75) is 5.75 Å². The monoisotopic (exact) mass is 240 g/mol. The summed E-state index contributed by atoms with van der Waals surface area (Å²) in [5.74, 6) is 0.549. The minimum absolute atomic E-state index is 0. The van der Waals surface area contributed by atoms with Crippen LogP contribution in [0.3, 0.4) is 0 Å². The molecule has 0 heterocycles. The minimum atomic E-state index is 0. The second-order valence-corrected chi connectivity index (χ2v) is 3.33. The van der Waals surface area contributed by atoms with Crippen LogP contribution in [-0.4, -0.2) is 4.55 Å². The minimum Gasteiger partial charge on any atom is -0.799 e. The van der Waals surface area contributed by atoms with E-state index < -0.39 is 0 Å². The summed E-state index contributed by atoms with van der Waals surface area (Å²) in [5, 5.41) is 0. The van der Waals surface area contributed by atoms with Crippen molar-refractivity contribution in [2.24, 2.45) is 0 Å². The molecule has 0 saturated carbocycles. The Morgan fingerprint density at radius 3 is 2.27 bits per heavy atom. The van der Waals surface area contributed by atoms with Crippen LogP contribution in [0.5, 0.6) is 0 Å². The van der Waals surface area contributed by atoms with Crippen molar-refractivity contribution in [3.8, 4) is 0 Å². The van der Waals surface area contributed by atoms with E-state index in [1.54, 1.807) is 0 Å². The van der Waals surface area contributed by atoms with Crippen LogP contribution in [0.2, 0.25) is 0 Å². The predicted molar refractivity (Wildman–Crippen MR) is 46.2 cm³/mol. The molecule has 0 atom stereocenters. The second kappa shape index (κ2) is 6.52. The average molecular weight is 241 g/mol. The number of rotatable bonds is 2. The fourth-order valence-electron chi connectivity index (χ4n) is 0.649. The van der Waals surface area contributed by atoms with Gasteiger partial charge in [0.25, 0.3) is 0 Å². The zero-order valence-corrected chi connectivity index (χ0v) is 10.6. The summed E-state index contributed by atoms with van der Waals surface area (Å²) >= 11 is 3.91. The molecule has 0 amide bonds. The van der Waals surface area contributed by atoms with E-state index in [1.807, 2.05) is 24.3 Å². The van der Waals surface area contributed by atoms with Gasteiger partial charge in [-0.3, -0.25) is 12.0 Å². The third-order valence-electron chi connectivity index (χ3n) is 1.14. The number of benzene rings is 1. The Bertz CT molecular complexity index is 202. The van der Waals surface area contributed by atoms with Crippen LogP contribution in [0.25, 0.3) is 0 Å². The normalized spacial score (nSPS) is 8.91. The summed E-state index contributed by atoms with van der Waals surface area (Å²) in [5.41, 5.74) is 1.07. The fraction of sp³-hybridized carbons (Fsp3) is 0.143. The van der Waals surface area contributed by atoms with Gasteiger partial charge >= 0.3 is 29.6 Å². The summed E-state index contributed by atoms with van der Waals surface area (Å²) in [6, 6.07) is 7.75. The maximum atomic E-state index is 10.1. The molecule has 1 nitrogen and oxygen atoms in total. The van der Waals surface area contributed by atoms with Gasteiger partial charge in [-0.1, -0.05) is 28.1 Å². The van der Waals surface area contributed by atoms with E-state index in [4.69, 9.17) is 0 Å². The number of halogens is 1. The zero-order valence-electron chi connectivity index (χ0n) is 6.21. The van der Waals surface area contributed by atoms with Crippen molar-refractivity contribution < 1.29 is 34.1 Å². The molecular formula is C7H6BrNaOS. The predicted octanol–water partition coefficient (Wildman–Crippen LogP) is -0.183. The zero-order chi connectivity index (χ0) is 7.40. The van der Waals surface area contributed by atoms with E-state index in [2.05, 4.69) is 15.9 Å². The summed E-state index contributed by atoms with van der Waals surface area (Å²) < 4.78 is 11.1. The van der Waals surface area contributed by atoms with Crippen molar-refractivity contribution in [3.63, 3.8) is 0 Å². The van der Waals surface area contributed by atoms with Gasteiger partial charge in [0.1, 0.15) is 0 Å². The van der Waals surface area contributed by atoms with Crippen LogP contribution in [0.4, 0.5) is 0 Å². The van der Waals surface area contributed by atoms with Crippen LogP contribution < -0.4 is 29.6 Å². The SMILES string of the molecule is [Na+].[O-]SCc1ccc(Br)cc1. The molecule has 0 aromatic heterocycles.